The SMILES string of the molecule is CC(C)(C)OC(=O)N[C@@H](CCCC(N)C(=O)OCc1ccccc1)c1ncc(-c2ccc3ccccc3c2)[nH]1. The maximum absolute atomic E-state index is 12.6. The Balaban J connectivity index is 1.41. The van der Waals surface area contributed by atoms with E-state index in [0.717, 1.165) is 27.6 Å². The van der Waals surface area contributed by atoms with Crippen LogP contribution in [-0.2, 0) is 20.9 Å². The molecule has 8 heteroatoms. The predicted molar refractivity (Wildman–Crippen MR) is 152 cm³/mol. The number of carbonyl (C=O) groups is 2. The molecular formula is C31H36N4O4. The molecule has 0 aliphatic carbocycles. The molecule has 0 spiro atoms. The maximum Gasteiger partial charge on any atom is 0.408 e. The Morgan fingerprint density at radius 1 is 0.974 bits per heavy atom. The third-order valence-corrected chi connectivity index (χ3v) is 6.21. The Labute approximate surface area is 228 Å². The lowest BCUT2D eigenvalue weighted by Crippen LogP contribution is -2.36. The van der Waals surface area contributed by atoms with Crippen LogP contribution < -0.4 is 11.1 Å². The summed E-state index contributed by atoms with van der Waals surface area (Å²) in [7, 11) is 0. The fourth-order valence-electron chi connectivity index (χ4n) is 4.24. The Bertz CT molecular complexity index is 1390. The molecule has 8 nitrogen and oxygen atoms in total. The van der Waals surface area contributed by atoms with Crippen LogP contribution in [0.3, 0.4) is 0 Å². The van der Waals surface area contributed by atoms with Crippen LogP contribution in [0.25, 0.3) is 22.0 Å². The molecule has 3 aromatic carbocycles. The molecule has 0 saturated carbocycles. The fourth-order valence-corrected chi connectivity index (χ4v) is 4.24. The van der Waals surface area contributed by atoms with E-state index in [9.17, 15) is 9.59 Å². The molecule has 1 unspecified atom stereocenters. The average Bonchev–Trinajstić information content (AvgIpc) is 3.41. The van der Waals surface area contributed by atoms with E-state index in [1.54, 1.807) is 6.20 Å². The number of nitrogens with two attached hydrogens (primary N) is 1. The second-order valence-corrected chi connectivity index (χ2v) is 10.6. The molecular weight excluding hydrogens is 492 g/mol. The first-order valence-corrected chi connectivity index (χ1v) is 13.2. The number of amides is 1. The molecule has 4 rings (SSSR count). The van der Waals surface area contributed by atoms with E-state index in [1.165, 1.54) is 0 Å². The number of hydrogen-bond acceptors (Lipinski definition) is 6. The van der Waals surface area contributed by atoms with Gasteiger partial charge in [-0.3, -0.25) is 4.79 Å². The number of H-pyrrole nitrogens is 1. The van der Waals surface area contributed by atoms with Gasteiger partial charge in [-0.2, -0.15) is 0 Å². The number of nitrogens with one attached hydrogen (secondary N) is 2. The van der Waals surface area contributed by atoms with Crippen molar-refractivity contribution in [3.8, 4) is 11.3 Å². The fraction of sp³-hybridized carbons (Fsp3) is 0.323. The van der Waals surface area contributed by atoms with Gasteiger partial charge in [-0.15, -0.1) is 0 Å². The predicted octanol–water partition coefficient (Wildman–Crippen LogP) is 6.04. The monoisotopic (exact) mass is 528 g/mol. The third-order valence-electron chi connectivity index (χ3n) is 6.21. The zero-order chi connectivity index (χ0) is 27.8. The van der Waals surface area contributed by atoms with Gasteiger partial charge in [0, 0.05) is 5.56 Å². The largest absolute Gasteiger partial charge is 0.460 e. The first kappa shape index (κ1) is 27.9. The molecule has 0 fully saturated rings. The summed E-state index contributed by atoms with van der Waals surface area (Å²) < 4.78 is 10.8. The Morgan fingerprint density at radius 3 is 2.44 bits per heavy atom. The standard InChI is InChI=1S/C31H36N4O4/c1-31(2,3)39-30(37)35-26(15-9-14-25(32)29(36)38-20-21-10-5-4-6-11-21)28-33-19-27(34-28)24-17-16-22-12-7-8-13-23(22)18-24/h4-8,10-13,16-19,25-26H,9,14-15,20,32H2,1-3H3,(H,33,34)(H,35,37)/t25?,26-/m0/s1. The number of alkyl carbamates (subject to hydrolysis) is 1. The maximum atomic E-state index is 12.6. The Morgan fingerprint density at radius 2 is 1.69 bits per heavy atom. The van der Waals surface area contributed by atoms with E-state index in [4.69, 9.17) is 15.2 Å². The molecule has 1 aromatic heterocycles. The summed E-state index contributed by atoms with van der Waals surface area (Å²) in [4.78, 5) is 32.9. The average molecular weight is 529 g/mol. The topological polar surface area (TPSA) is 119 Å². The first-order valence-electron chi connectivity index (χ1n) is 13.2. The van der Waals surface area contributed by atoms with Crippen LogP contribution in [-0.4, -0.2) is 33.7 Å². The van der Waals surface area contributed by atoms with Crippen molar-refractivity contribution in [1.82, 2.24) is 15.3 Å². The number of fused-ring (bicyclic) bond motifs is 1. The number of imidazole rings is 1. The smallest absolute Gasteiger partial charge is 0.408 e. The number of aromatic nitrogens is 2. The van der Waals surface area contributed by atoms with Crippen molar-refractivity contribution in [2.45, 2.75) is 64.3 Å². The van der Waals surface area contributed by atoms with E-state index in [2.05, 4.69) is 39.6 Å². The van der Waals surface area contributed by atoms with Gasteiger partial charge >= 0.3 is 12.1 Å². The van der Waals surface area contributed by atoms with Crippen molar-refractivity contribution < 1.29 is 19.1 Å². The molecule has 4 N–H and O–H groups in total. The Kier molecular flexibility index (Phi) is 8.99. The molecule has 4 aromatic rings. The van der Waals surface area contributed by atoms with Crippen LogP contribution >= 0.6 is 0 Å². The van der Waals surface area contributed by atoms with Gasteiger partial charge in [-0.1, -0.05) is 66.7 Å². The molecule has 0 aliphatic rings. The first-order chi connectivity index (χ1) is 18.7. The quantitative estimate of drug-likeness (QED) is 0.216. The second-order valence-electron chi connectivity index (χ2n) is 10.6. The van der Waals surface area contributed by atoms with Crippen molar-refractivity contribution in [3.05, 3.63) is 90.4 Å². The molecule has 1 heterocycles. The van der Waals surface area contributed by atoms with Crippen molar-refractivity contribution in [1.29, 1.82) is 0 Å². The van der Waals surface area contributed by atoms with E-state index in [0.29, 0.717) is 25.1 Å². The van der Waals surface area contributed by atoms with E-state index in [-0.39, 0.29) is 6.61 Å². The van der Waals surface area contributed by atoms with E-state index in [1.807, 2.05) is 69.3 Å². The van der Waals surface area contributed by atoms with Crippen LogP contribution in [0.1, 0.15) is 57.5 Å². The highest BCUT2D eigenvalue weighted by Crippen LogP contribution is 2.26. The molecule has 0 aliphatic heterocycles. The van der Waals surface area contributed by atoms with Crippen molar-refractivity contribution in [3.63, 3.8) is 0 Å². The van der Waals surface area contributed by atoms with Gasteiger partial charge < -0.3 is 25.5 Å². The summed E-state index contributed by atoms with van der Waals surface area (Å²) >= 11 is 0. The lowest BCUT2D eigenvalue weighted by Gasteiger charge is -2.23. The number of rotatable bonds is 10. The zero-order valence-electron chi connectivity index (χ0n) is 22.6. The van der Waals surface area contributed by atoms with Gasteiger partial charge in [0.15, 0.2) is 0 Å². The third kappa shape index (κ3) is 8.15. The van der Waals surface area contributed by atoms with Crippen molar-refractivity contribution >= 4 is 22.8 Å². The minimum atomic E-state index is -0.763. The molecule has 204 valence electrons. The summed E-state index contributed by atoms with van der Waals surface area (Å²) in [5.41, 5.74) is 8.20. The molecule has 0 bridgehead atoms. The van der Waals surface area contributed by atoms with Gasteiger partial charge in [0.05, 0.1) is 17.9 Å². The van der Waals surface area contributed by atoms with Crippen molar-refractivity contribution in [2.75, 3.05) is 0 Å². The van der Waals surface area contributed by atoms with Crippen molar-refractivity contribution in [2.24, 2.45) is 5.73 Å². The van der Waals surface area contributed by atoms with E-state index < -0.39 is 29.7 Å². The van der Waals surface area contributed by atoms with Gasteiger partial charge in [0.1, 0.15) is 24.1 Å². The summed E-state index contributed by atoms with van der Waals surface area (Å²) in [6.07, 6.45) is 2.69. The van der Waals surface area contributed by atoms with Crippen LogP contribution in [0.15, 0.2) is 79.0 Å². The van der Waals surface area contributed by atoms with Gasteiger partial charge in [0.25, 0.3) is 0 Å². The van der Waals surface area contributed by atoms with Gasteiger partial charge in [-0.05, 0) is 62.4 Å². The number of ether oxygens (including phenoxy) is 2. The molecule has 0 saturated heterocycles. The Hall–Kier alpha value is -4.17. The summed E-state index contributed by atoms with van der Waals surface area (Å²) in [5, 5.41) is 5.21. The summed E-state index contributed by atoms with van der Waals surface area (Å²) in [6.45, 7) is 5.62. The minimum absolute atomic E-state index is 0.181. The molecule has 1 amide bonds. The van der Waals surface area contributed by atoms with Gasteiger partial charge in [-0.25, -0.2) is 9.78 Å². The zero-order valence-corrected chi connectivity index (χ0v) is 22.6. The minimum Gasteiger partial charge on any atom is -0.460 e. The van der Waals surface area contributed by atoms with E-state index >= 15 is 0 Å². The normalized spacial score (nSPS) is 13.0. The van der Waals surface area contributed by atoms with Crippen LogP contribution in [0, 0.1) is 0 Å². The molecule has 2 atom stereocenters. The lowest BCUT2D eigenvalue weighted by atomic mass is 10.0. The highest BCUT2D eigenvalue weighted by Gasteiger charge is 2.24. The van der Waals surface area contributed by atoms with Crippen LogP contribution in [0.4, 0.5) is 4.79 Å². The number of nitrogens with zero attached hydrogens (tertiary/aromatic N) is 1. The summed E-state index contributed by atoms with van der Waals surface area (Å²) in [6, 6.07) is 22.6. The molecule has 39 heavy (non-hydrogen) atoms. The molecule has 0 radical (unpaired) electrons. The number of aromatic amines is 1. The van der Waals surface area contributed by atoms with Crippen LogP contribution in [0.2, 0.25) is 0 Å². The number of esters is 1. The van der Waals surface area contributed by atoms with Gasteiger partial charge in [0.2, 0.25) is 0 Å². The number of benzene rings is 3. The highest BCUT2D eigenvalue weighted by molar-refractivity contribution is 5.86. The summed E-state index contributed by atoms with van der Waals surface area (Å²) in [5.74, 6) is 0.149. The number of carbonyl (C=O) groups excluding carboxylic acids is 2. The second kappa shape index (κ2) is 12.6. The lowest BCUT2D eigenvalue weighted by molar-refractivity contribution is -0.146. The highest BCUT2D eigenvalue weighted by atomic mass is 16.6. The van der Waals surface area contributed by atoms with Crippen LogP contribution in [0.5, 0.6) is 0 Å². The number of hydrogen-bond donors (Lipinski definition) is 3.